The zero-order chi connectivity index (χ0) is 18.6. The topological polar surface area (TPSA) is 93.7 Å². The maximum absolute atomic E-state index is 12.2. The predicted molar refractivity (Wildman–Crippen MR) is 91.5 cm³/mol. The van der Waals surface area contributed by atoms with E-state index in [1.165, 1.54) is 18.2 Å². The van der Waals surface area contributed by atoms with Crippen LogP contribution in [0.1, 0.15) is 24.2 Å². The molecule has 1 aromatic carbocycles. The number of nitrogens with one attached hydrogen (secondary N) is 2. The molecule has 0 aliphatic carbocycles. The van der Waals surface area contributed by atoms with Crippen LogP contribution in [0.5, 0.6) is 0 Å². The molecule has 1 aromatic rings. The summed E-state index contributed by atoms with van der Waals surface area (Å²) in [4.78, 5) is 35.9. The molecule has 1 atom stereocenters. The fourth-order valence-electron chi connectivity index (χ4n) is 2.26. The first kappa shape index (κ1) is 19.1. The van der Waals surface area contributed by atoms with Crippen LogP contribution in [0.3, 0.4) is 0 Å². The number of rotatable bonds is 5. The van der Waals surface area contributed by atoms with Crippen LogP contribution in [-0.2, 0) is 14.3 Å². The normalized spacial score (nSPS) is 16.8. The van der Waals surface area contributed by atoms with Gasteiger partial charge in [0.2, 0.25) is 0 Å². The third kappa shape index (κ3) is 4.64. The van der Waals surface area contributed by atoms with Gasteiger partial charge < -0.3 is 20.1 Å². The minimum absolute atomic E-state index is 0.0840. The van der Waals surface area contributed by atoms with Crippen molar-refractivity contribution in [1.29, 1.82) is 0 Å². The van der Waals surface area contributed by atoms with Gasteiger partial charge >= 0.3 is 18.0 Å². The summed E-state index contributed by atoms with van der Waals surface area (Å²) < 4.78 is 10.1. The van der Waals surface area contributed by atoms with E-state index in [9.17, 15) is 14.4 Å². The summed E-state index contributed by atoms with van der Waals surface area (Å²) in [7, 11) is 0. The van der Waals surface area contributed by atoms with Crippen molar-refractivity contribution in [2.75, 3.05) is 13.2 Å². The number of hydrogen-bond acceptors (Lipinski definition) is 5. The van der Waals surface area contributed by atoms with Crippen molar-refractivity contribution in [2.24, 2.45) is 0 Å². The zero-order valence-corrected chi connectivity index (χ0v) is 15.0. The van der Waals surface area contributed by atoms with Gasteiger partial charge in [-0.1, -0.05) is 23.2 Å². The minimum atomic E-state index is -0.733. The Bertz CT molecular complexity index is 748. The Morgan fingerprint density at radius 2 is 1.92 bits per heavy atom. The number of hydrogen-bond donors (Lipinski definition) is 2. The van der Waals surface area contributed by atoms with Gasteiger partial charge in [-0.05, 0) is 32.0 Å². The van der Waals surface area contributed by atoms with E-state index in [4.69, 9.17) is 32.7 Å². The van der Waals surface area contributed by atoms with Crippen molar-refractivity contribution in [2.45, 2.75) is 19.9 Å². The summed E-state index contributed by atoms with van der Waals surface area (Å²) in [6.45, 7) is 3.14. The number of carbonyl (C=O) groups is 3. The van der Waals surface area contributed by atoms with Crippen molar-refractivity contribution in [3.05, 3.63) is 45.1 Å². The highest BCUT2D eigenvalue weighted by Gasteiger charge is 2.30. The highest BCUT2D eigenvalue weighted by Crippen LogP contribution is 2.22. The van der Waals surface area contributed by atoms with E-state index in [0.29, 0.717) is 5.02 Å². The maximum atomic E-state index is 12.2. The molecule has 134 valence electrons. The number of amides is 2. The third-order valence-electron chi connectivity index (χ3n) is 3.36. The molecule has 0 saturated carbocycles. The third-order valence-corrected chi connectivity index (χ3v) is 3.93. The summed E-state index contributed by atoms with van der Waals surface area (Å²) in [5.41, 5.74) is 0.424. The summed E-state index contributed by atoms with van der Waals surface area (Å²) in [5.74, 6) is -1.34. The van der Waals surface area contributed by atoms with Crippen molar-refractivity contribution in [1.82, 2.24) is 10.6 Å². The highest BCUT2D eigenvalue weighted by atomic mass is 35.5. The quantitative estimate of drug-likeness (QED) is 0.758. The number of esters is 2. The number of carbonyl (C=O) groups excluding carboxylic acids is 3. The Labute approximate surface area is 154 Å². The van der Waals surface area contributed by atoms with Crippen LogP contribution >= 0.6 is 23.2 Å². The molecule has 9 heteroatoms. The highest BCUT2D eigenvalue weighted by molar-refractivity contribution is 6.35. The minimum Gasteiger partial charge on any atom is -0.463 e. The van der Waals surface area contributed by atoms with Crippen molar-refractivity contribution in [3.8, 4) is 0 Å². The fourth-order valence-corrected chi connectivity index (χ4v) is 2.63. The zero-order valence-electron chi connectivity index (χ0n) is 13.5. The average Bonchev–Trinajstić information content (AvgIpc) is 2.54. The van der Waals surface area contributed by atoms with Gasteiger partial charge in [0.1, 0.15) is 6.61 Å². The summed E-state index contributed by atoms with van der Waals surface area (Å²) in [5, 5.41) is 5.51. The van der Waals surface area contributed by atoms with Crippen molar-refractivity contribution in [3.63, 3.8) is 0 Å². The van der Waals surface area contributed by atoms with E-state index in [2.05, 4.69) is 10.6 Å². The van der Waals surface area contributed by atoms with Crippen LogP contribution in [0.2, 0.25) is 10.0 Å². The van der Waals surface area contributed by atoms with Gasteiger partial charge in [-0.2, -0.15) is 0 Å². The lowest BCUT2D eigenvalue weighted by Crippen LogP contribution is -2.50. The Hall–Kier alpha value is -2.25. The van der Waals surface area contributed by atoms with Crippen LogP contribution < -0.4 is 10.6 Å². The summed E-state index contributed by atoms with van der Waals surface area (Å²) in [6, 6.07) is 3.29. The molecule has 1 heterocycles. The van der Waals surface area contributed by atoms with Crippen molar-refractivity contribution >= 4 is 41.2 Å². The van der Waals surface area contributed by atoms with E-state index in [1.54, 1.807) is 13.8 Å². The molecule has 1 aliphatic heterocycles. The first-order valence-electron chi connectivity index (χ1n) is 7.43. The molecule has 0 fully saturated rings. The second-order valence-corrected chi connectivity index (χ2v) is 5.98. The Balaban J connectivity index is 2.21. The first-order chi connectivity index (χ1) is 11.8. The molecular weight excluding hydrogens is 371 g/mol. The fraction of sp³-hybridized carbons (Fsp3) is 0.312. The molecule has 1 aliphatic rings. The van der Waals surface area contributed by atoms with Gasteiger partial charge in [-0.25, -0.2) is 14.4 Å². The predicted octanol–water partition coefficient (Wildman–Crippen LogP) is 2.67. The standard InChI is InChI=1S/C16H16Cl2N2O5/c1-3-24-15(22)13-8(2)19-16(23)20-12(13)7-25-14(21)10-6-9(17)4-5-11(10)18/h4-6,8H,3,7H2,1-2H3,(H2,19,20,23). The Morgan fingerprint density at radius 3 is 2.60 bits per heavy atom. The molecule has 0 aromatic heterocycles. The lowest BCUT2D eigenvalue weighted by atomic mass is 10.0. The maximum Gasteiger partial charge on any atom is 0.340 e. The molecule has 0 spiro atoms. The SMILES string of the molecule is CCOC(=O)C1=C(COC(=O)c2cc(Cl)ccc2Cl)NC(=O)NC1C. The summed E-state index contributed by atoms with van der Waals surface area (Å²) >= 11 is 11.8. The van der Waals surface area contributed by atoms with Crippen LogP contribution in [0.25, 0.3) is 0 Å². The molecule has 2 N–H and O–H groups in total. The lowest BCUT2D eigenvalue weighted by Gasteiger charge is -2.26. The van der Waals surface area contributed by atoms with E-state index in [1.807, 2.05) is 0 Å². The Kier molecular flexibility index (Phi) is 6.27. The molecule has 1 unspecified atom stereocenters. The molecule has 2 rings (SSSR count). The van der Waals surface area contributed by atoms with Crippen LogP contribution in [0.15, 0.2) is 29.5 Å². The van der Waals surface area contributed by atoms with E-state index < -0.39 is 24.0 Å². The summed E-state index contributed by atoms with van der Waals surface area (Å²) in [6.07, 6.45) is 0. The van der Waals surface area contributed by atoms with Gasteiger partial charge in [-0.15, -0.1) is 0 Å². The Morgan fingerprint density at radius 1 is 1.20 bits per heavy atom. The van der Waals surface area contributed by atoms with Gasteiger partial charge in [0.05, 0.1) is 34.5 Å². The second kappa shape index (κ2) is 8.22. The van der Waals surface area contributed by atoms with Gasteiger partial charge in [0.15, 0.2) is 0 Å². The number of halogens is 2. The van der Waals surface area contributed by atoms with Crippen molar-refractivity contribution < 1.29 is 23.9 Å². The smallest absolute Gasteiger partial charge is 0.340 e. The van der Waals surface area contributed by atoms with Gasteiger partial charge in [0.25, 0.3) is 0 Å². The molecule has 7 nitrogen and oxygen atoms in total. The number of ether oxygens (including phenoxy) is 2. The largest absolute Gasteiger partial charge is 0.463 e. The molecule has 0 radical (unpaired) electrons. The van der Waals surface area contributed by atoms with Crippen LogP contribution in [-0.4, -0.2) is 37.2 Å². The average molecular weight is 387 g/mol. The van der Waals surface area contributed by atoms with E-state index in [-0.39, 0.29) is 35.1 Å². The molecule has 2 amide bonds. The van der Waals surface area contributed by atoms with Gasteiger partial charge in [-0.3, -0.25) is 0 Å². The van der Waals surface area contributed by atoms with Gasteiger partial charge in [0, 0.05) is 5.02 Å². The second-order valence-electron chi connectivity index (χ2n) is 5.13. The number of benzene rings is 1. The molecule has 25 heavy (non-hydrogen) atoms. The lowest BCUT2D eigenvalue weighted by molar-refractivity contribution is -0.139. The van der Waals surface area contributed by atoms with Crippen LogP contribution in [0.4, 0.5) is 4.79 Å². The number of urea groups is 1. The first-order valence-corrected chi connectivity index (χ1v) is 8.19. The molecule has 0 bridgehead atoms. The monoisotopic (exact) mass is 386 g/mol. The van der Waals surface area contributed by atoms with E-state index >= 15 is 0 Å². The van der Waals surface area contributed by atoms with Crippen LogP contribution in [0, 0.1) is 0 Å². The molecule has 0 saturated heterocycles. The van der Waals surface area contributed by atoms with E-state index in [0.717, 1.165) is 0 Å². The molecular formula is C16H16Cl2N2O5.